The van der Waals surface area contributed by atoms with E-state index in [9.17, 15) is 0 Å². The van der Waals surface area contributed by atoms with Crippen LogP contribution in [0.1, 0.15) is 82.8 Å². The molecule has 0 bridgehead atoms. The summed E-state index contributed by atoms with van der Waals surface area (Å²) in [6.07, 6.45) is 19.9. The lowest BCUT2D eigenvalue weighted by Gasteiger charge is -2.16. The minimum atomic E-state index is 0.653. The molecule has 3 rings (SSSR count). The summed E-state index contributed by atoms with van der Waals surface area (Å²) in [5.74, 6) is 2.14. The summed E-state index contributed by atoms with van der Waals surface area (Å²) in [5.41, 5.74) is 6.18. The molecule has 0 N–H and O–H groups in total. The molecule has 3 atom stereocenters. The Hall–Kier alpha value is -1.56. The average Bonchev–Trinajstić information content (AvgIpc) is 3.15. The summed E-state index contributed by atoms with van der Waals surface area (Å²) >= 11 is 0. The maximum absolute atomic E-state index is 2.56. The third-order valence-electron chi connectivity index (χ3n) is 6.18. The number of unbranched alkanes of at least 4 members (excludes halogenated alkanes) is 1. The Morgan fingerprint density at radius 3 is 2.54 bits per heavy atom. The number of hydrogen-bond donors (Lipinski definition) is 0. The Morgan fingerprint density at radius 1 is 1.00 bits per heavy atom. The van der Waals surface area contributed by atoms with Gasteiger partial charge in [0.05, 0.1) is 0 Å². The zero-order valence-electron chi connectivity index (χ0n) is 17.0. The van der Waals surface area contributed by atoms with Gasteiger partial charge in [0.2, 0.25) is 0 Å². The molecule has 0 aromatic heterocycles. The maximum atomic E-state index is 2.56. The van der Waals surface area contributed by atoms with E-state index in [2.05, 4.69) is 69.3 Å². The van der Waals surface area contributed by atoms with Crippen LogP contribution in [0.4, 0.5) is 0 Å². The highest BCUT2D eigenvalue weighted by Gasteiger charge is 2.28. The minimum absolute atomic E-state index is 0.653. The smallest absolute Gasteiger partial charge is 0.0138 e. The van der Waals surface area contributed by atoms with E-state index in [1.807, 2.05) is 0 Å². The predicted octanol–water partition coefficient (Wildman–Crippen LogP) is 7.77. The van der Waals surface area contributed by atoms with Gasteiger partial charge in [-0.1, -0.05) is 74.4 Å². The predicted molar refractivity (Wildman–Crippen MR) is 115 cm³/mol. The number of allylic oxidation sites excluding steroid dienone is 6. The molecule has 26 heavy (non-hydrogen) atoms. The van der Waals surface area contributed by atoms with Crippen molar-refractivity contribution in [3.8, 4) is 0 Å². The Balaban J connectivity index is 1.68. The van der Waals surface area contributed by atoms with Gasteiger partial charge in [0.1, 0.15) is 0 Å². The summed E-state index contributed by atoms with van der Waals surface area (Å²) in [7, 11) is 0. The molecule has 0 saturated heterocycles. The van der Waals surface area contributed by atoms with E-state index in [-0.39, 0.29) is 0 Å². The maximum Gasteiger partial charge on any atom is -0.0138 e. The molecule has 0 heteroatoms. The van der Waals surface area contributed by atoms with Crippen molar-refractivity contribution in [2.45, 2.75) is 78.1 Å². The fourth-order valence-electron chi connectivity index (χ4n) is 4.55. The van der Waals surface area contributed by atoms with Crippen LogP contribution in [0.2, 0.25) is 0 Å². The molecule has 0 heterocycles. The Labute approximate surface area is 161 Å². The van der Waals surface area contributed by atoms with E-state index >= 15 is 0 Å². The second-order valence-corrected chi connectivity index (χ2v) is 8.60. The summed E-state index contributed by atoms with van der Waals surface area (Å²) in [4.78, 5) is 0. The molecule has 0 nitrogen and oxygen atoms in total. The first-order chi connectivity index (χ1) is 12.7. The molecular weight excluding hydrogens is 312 g/mol. The first-order valence-corrected chi connectivity index (χ1v) is 10.8. The summed E-state index contributed by atoms with van der Waals surface area (Å²) in [6, 6.07) is 9.55. The van der Waals surface area contributed by atoms with Gasteiger partial charge in [0.15, 0.2) is 0 Å². The summed E-state index contributed by atoms with van der Waals surface area (Å²) in [5, 5.41) is 0. The fraction of sp³-hybridized carbons (Fsp3) is 0.538. The first-order valence-electron chi connectivity index (χ1n) is 10.8. The second-order valence-electron chi connectivity index (χ2n) is 8.60. The van der Waals surface area contributed by atoms with Gasteiger partial charge < -0.3 is 0 Å². The molecule has 1 aromatic carbocycles. The third-order valence-corrected chi connectivity index (χ3v) is 6.18. The Kier molecular flexibility index (Phi) is 6.94. The van der Waals surface area contributed by atoms with Crippen molar-refractivity contribution in [2.75, 3.05) is 0 Å². The van der Waals surface area contributed by atoms with Crippen molar-refractivity contribution in [1.29, 1.82) is 0 Å². The lowest BCUT2D eigenvalue weighted by molar-refractivity contribution is 0.621. The largest absolute Gasteiger partial charge is 0.0876 e. The molecule has 0 spiro atoms. The van der Waals surface area contributed by atoms with Crippen LogP contribution in [0.25, 0.3) is 0 Å². The average molecular weight is 349 g/mol. The van der Waals surface area contributed by atoms with Gasteiger partial charge in [-0.05, 0) is 86.3 Å². The molecule has 1 aromatic rings. The molecule has 0 aliphatic heterocycles. The van der Waals surface area contributed by atoms with Crippen molar-refractivity contribution in [3.05, 3.63) is 70.8 Å². The van der Waals surface area contributed by atoms with Crippen LogP contribution in [-0.2, 0) is 6.42 Å². The van der Waals surface area contributed by atoms with E-state index in [0.717, 1.165) is 18.3 Å². The number of aryl methyl sites for hydroxylation is 1. The number of rotatable bonds is 5. The highest BCUT2D eigenvalue weighted by Crippen LogP contribution is 2.42. The van der Waals surface area contributed by atoms with Crippen LogP contribution < -0.4 is 0 Å². The zero-order chi connectivity index (χ0) is 18.4. The summed E-state index contributed by atoms with van der Waals surface area (Å²) < 4.78 is 0. The molecule has 1 saturated carbocycles. The van der Waals surface area contributed by atoms with Gasteiger partial charge in [-0.15, -0.1) is 0 Å². The molecule has 0 amide bonds. The van der Waals surface area contributed by atoms with Gasteiger partial charge >= 0.3 is 0 Å². The Morgan fingerprint density at radius 2 is 1.77 bits per heavy atom. The van der Waals surface area contributed by atoms with E-state index in [4.69, 9.17) is 0 Å². The molecule has 1 fully saturated rings. The molecule has 0 radical (unpaired) electrons. The van der Waals surface area contributed by atoms with Crippen molar-refractivity contribution in [1.82, 2.24) is 0 Å². The number of benzene rings is 1. The molecule has 2 aliphatic rings. The van der Waals surface area contributed by atoms with Gasteiger partial charge in [-0.3, -0.25) is 0 Å². The SMILES string of the molecule is CCCCc1ccc(C2CCC(C3=C/C(C)C/C=C\C\C(C)=C\3)C2)cc1. The van der Waals surface area contributed by atoms with Crippen molar-refractivity contribution in [2.24, 2.45) is 11.8 Å². The van der Waals surface area contributed by atoms with E-state index in [0.29, 0.717) is 5.92 Å². The van der Waals surface area contributed by atoms with Crippen LogP contribution in [0.3, 0.4) is 0 Å². The lowest BCUT2D eigenvalue weighted by Crippen LogP contribution is -2.02. The van der Waals surface area contributed by atoms with Gasteiger partial charge in [-0.25, -0.2) is 0 Å². The number of hydrogen-bond acceptors (Lipinski definition) is 0. The van der Waals surface area contributed by atoms with Crippen LogP contribution in [-0.4, -0.2) is 0 Å². The van der Waals surface area contributed by atoms with Crippen LogP contribution >= 0.6 is 0 Å². The highest BCUT2D eigenvalue weighted by molar-refractivity contribution is 5.32. The quantitative estimate of drug-likeness (QED) is 0.477. The van der Waals surface area contributed by atoms with Crippen molar-refractivity contribution >= 4 is 0 Å². The molecule has 2 aliphatic carbocycles. The zero-order valence-corrected chi connectivity index (χ0v) is 17.0. The van der Waals surface area contributed by atoms with E-state index in [1.54, 1.807) is 11.1 Å². The standard InChI is InChI=1S/C26H36/c1-4-5-10-22-11-13-23(14-12-22)24-15-16-25(19-24)26-17-20(2)8-6-7-9-21(3)18-26/h6-7,11-14,17-18,20,24-25H,4-5,8-10,15-16,19H2,1-3H3/b7-6-,21-18+,26-17+. The third kappa shape index (κ3) is 5.22. The topological polar surface area (TPSA) is 0 Å². The Bertz CT molecular complexity index is 656. The first kappa shape index (κ1) is 19.2. The van der Waals surface area contributed by atoms with Gasteiger partial charge in [0, 0.05) is 0 Å². The van der Waals surface area contributed by atoms with E-state index < -0.39 is 0 Å². The lowest BCUT2D eigenvalue weighted by atomic mass is 9.89. The van der Waals surface area contributed by atoms with Gasteiger partial charge in [-0.2, -0.15) is 0 Å². The van der Waals surface area contributed by atoms with Crippen molar-refractivity contribution in [3.63, 3.8) is 0 Å². The fourth-order valence-corrected chi connectivity index (χ4v) is 4.55. The minimum Gasteiger partial charge on any atom is -0.0876 e. The van der Waals surface area contributed by atoms with Crippen LogP contribution in [0, 0.1) is 11.8 Å². The van der Waals surface area contributed by atoms with Crippen LogP contribution in [0.15, 0.2) is 59.7 Å². The summed E-state index contributed by atoms with van der Waals surface area (Å²) in [6.45, 7) is 6.92. The van der Waals surface area contributed by atoms with Crippen molar-refractivity contribution < 1.29 is 0 Å². The normalized spacial score (nSPS) is 31.9. The highest BCUT2D eigenvalue weighted by atomic mass is 14.3. The molecule has 140 valence electrons. The molecule has 3 unspecified atom stereocenters. The van der Waals surface area contributed by atoms with Crippen LogP contribution in [0.5, 0.6) is 0 Å². The monoisotopic (exact) mass is 348 g/mol. The molecular formula is C26H36. The second kappa shape index (κ2) is 9.40. The van der Waals surface area contributed by atoms with E-state index in [1.165, 1.54) is 56.1 Å². The van der Waals surface area contributed by atoms with Gasteiger partial charge in [0.25, 0.3) is 0 Å².